The average Bonchev–Trinajstić information content (AvgIpc) is 3.25. The second kappa shape index (κ2) is 8.76. The van der Waals surface area contributed by atoms with Crippen molar-refractivity contribution < 1.29 is 14.1 Å². The molecule has 8 heteroatoms. The van der Waals surface area contributed by atoms with Gasteiger partial charge in [0, 0.05) is 29.5 Å². The number of halogens is 1. The van der Waals surface area contributed by atoms with Gasteiger partial charge < -0.3 is 9.73 Å². The molecule has 1 heterocycles. The molecule has 0 aliphatic heterocycles. The summed E-state index contributed by atoms with van der Waals surface area (Å²) in [4.78, 5) is 22.9. The van der Waals surface area contributed by atoms with Crippen LogP contribution in [-0.4, -0.2) is 10.8 Å². The fourth-order valence-electron chi connectivity index (χ4n) is 3.15. The van der Waals surface area contributed by atoms with Crippen molar-refractivity contribution >= 4 is 45.7 Å². The number of benzene rings is 3. The third-order valence-corrected chi connectivity index (χ3v) is 5.03. The first-order valence-corrected chi connectivity index (χ1v) is 9.78. The van der Waals surface area contributed by atoms with Gasteiger partial charge in [0.15, 0.2) is 0 Å². The molecule has 1 aromatic heterocycles. The Morgan fingerprint density at radius 3 is 2.56 bits per heavy atom. The standard InChI is InChI=1S/C24H14ClN3O4/c25-22-13-19(28(30)31)7-9-21(22)23-10-8-20(32-23)12-17(14-26)24(29)27-18-6-5-15-3-1-2-4-16(15)11-18/h1-13H,(H,27,29). The van der Waals surface area contributed by atoms with Gasteiger partial charge in [-0.25, -0.2) is 0 Å². The second-order valence-corrected chi connectivity index (χ2v) is 7.22. The number of hydrogen-bond acceptors (Lipinski definition) is 5. The molecule has 0 bridgehead atoms. The Hall–Kier alpha value is -4.41. The zero-order chi connectivity index (χ0) is 22.7. The summed E-state index contributed by atoms with van der Waals surface area (Å²) < 4.78 is 5.68. The average molecular weight is 444 g/mol. The Morgan fingerprint density at radius 2 is 1.84 bits per heavy atom. The Bertz CT molecular complexity index is 1430. The van der Waals surface area contributed by atoms with Crippen LogP contribution in [-0.2, 0) is 4.79 Å². The number of nitriles is 1. The SMILES string of the molecule is N#CC(=Cc1ccc(-c2ccc([N+](=O)[O-])cc2Cl)o1)C(=O)Nc1ccc2ccccc2c1. The first-order chi connectivity index (χ1) is 15.4. The van der Waals surface area contributed by atoms with Gasteiger partial charge in [0.25, 0.3) is 11.6 Å². The second-order valence-electron chi connectivity index (χ2n) is 6.81. The van der Waals surface area contributed by atoms with Gasteiger partial charge in [0.1, 0.15) is 23.2 Å². The summed E-state index contributed by atoms with van der Waals surface area (Å²) in [6.07, 6.45) is 1.32. The van der Waals surface area contributed by atoms with Gasteiger partial charge in [0.05, 0.1) is 9.95 Å². The maximum absolute atomic E-state index is 12.6. The highest BCUT2D eigenvalue weighted by Crippen LogP contribution is 2.32. The minimum Gasteiger partial charge on any atom is -0.457 e. The Balaban J connectivity index is 1.55. The molecule has 1 N–H and O–H groups in total. The monoisotopic (exact) mass is 443 g/mol. The lowest BCUT2D eigenvalue weighted by atomic mass is 10.1. The minimum absolute atomic E-state index is 0.137. The minimum atomic E-state index is -0.575. The van der Waals surface area contributed by atoms with E-state index in [1.807, 2.05) is 42.5 Å². The molecule has 0 aliphatic carbocycles. The molecule has 0 unspecified atom stereocenters. The molecule has 4 aromatic rings. The van der Waals surface area contributed by atoms with Crippen molar-refractivity contribution in [2.75, 3.05) is 5.32 Å². The van der Waals surface area contributed by atoms with Gasteiger partial charge >= 0.3 is 0 Å². The summed E-state index contributed by atoms with van der Waals surface area (Å²) in [5, 5.41) is 25.2. The lowest BCUT2D eigenvalue weighted by Gasteiger charge is -2.06. The van der Waals surface area contributed by atoms with Crippen LogP contribution in [0.1, 0.15) is 5.76 Å². The number of non-ortho nitro benzene ring substituents is 1. The molecule has 0 radical (unpaired) electrons. The van der Waals surface area contributed by atoms with E-state index < -0.39 is 10.8 Å². The number of rotatable bonds is 5. The smallest absolute Gasteiger partial charge is 0.270 e. The number of hydrogen-bond donors (Lipinski definition) is 1. The van der Waals surface area contributed by atoms with E-state index in [9.17, 15) is 20.2 Å². The molecule has 0 spiro atoms. The number of anilines is 1. The van der Waals surface area contributed by atoms with Gasteiger partial charge in [0.2, 0.25) is 0 Å². The quantitative estimate of drug-likeness (QED) is 0.171. The summed E-state index contributed by atoms with van der Waals surface area (Å²) in [5.74, 6) is 0.0390. The van der Waals surface area contributed by atoms with Crippen molar-refractivity contribution in [3.63, 3.8) is 0 Å². The highest BCUT2D eigenvalue weighted by atomic mass is 35.5. The van der Waals surface area contributed by atoms with E-state index in [1.54, 1.807) is 18.2 Å². The third-order valence-electron chi connectivity index (χ3n) is 4.71. The number of nitrogens with one attached hydrogen (secondary N) is 1. The molecule has 0 fully saturated rings. The summed E-state index contributed by atoms with van der Waals surface area (Å²) in [5.41, 5.74) is 0.736. The van der Waals surface area contributed by atoms with Crippen LogP contribution in [0.2, 0.25) is 5.02 Å². The van der Waals surface area contributed by atoms with Gasteiger partial charge in [-0.15, -0.1) is 0 Å². The molecule has 0 saturated heterocycles. The molecule has 7 nitrogen and oxygen atoms in total. The molecular weight excluding hydrogens is 430 g/mol. The summed E-state index contributed by atoms with van der Waals surface area (Å²) >= 11 is 6.14. The van der Waals surface area contributed by atoms with E-state index in [2.05, 4.69) is 5.32 Å². The highest BCUT2D eigenvalue weighted by molar-refractivity contribution is 6.33. The third kappa shape index (κ3) is 4.36. The zero-order valence-electron chi connectivity index (χ0n) is 16.4. The molecule has 156 valence electrons. The molecule has 0 aliphatic rings. The van der Waals surface area contributed by atoms with Gasteiger partial charge in [-0.2, -0.15) is 5.26 Å². The van der Waals surface area contributed by atoms with Crippen molar-refractivity contribution in [3.05, 3.63) is 99.3 Å². The van der Waals surface area contributed by atoms with E-state index >= 15 is 0 Å². The normalized spacial score (nSPS) is 11.2. The largest absolute Gasteiger partial charge is 0.457 e. The highest BCUT2D eigenvalue weighted by Gasteiger charge is 2.15. The number of amides is 1. The first-order valence-electron chi connectivity index (χ1n) is 9.41. The van der Waals surface area contributed by atoms with E-state index in [1.165, 1.54) is 24.3 Å². The number of nitrogens with zero attached hydrogens (tertiary/aromatic N) is 2. The van der Waals surface area contributed by atoms with Gasteiger partial charge in [-0.1, -0.05) is 41.9 Å². The van der Waals surface area contributed by atoms with Crippen LogP contribution in [0.15, 0.2) is 82.8 Å². The van der Waals surface area contributed by atoms with Crippen LogP contribution in [0.25, 0.3) is 28.2 Å². The molecule has 32 heavy (non-hydrogen) atoms. The first kappa shape index (κ1) is 20.8. The number of nitro groups is 1. The van der Waals surface area contributed by atoms with Crippen molar-refractivity contribution in [1.29, 1.82) is 5.26 Å². The van der Waals surface area contributed by atoms with Crippen LogP contribution in [0.3, 0.4) is 0 Å². The lowest BCUT2D eigenvalue weighted by molar-refractivity contribution is -0.384. The Labute approximate surface area is 187 Å². The van der Waals surface area contributed by atoms with E-state index in [4.69, 9.17) is 16.0 Å². The van der Waals surface area contributed by atoms with Crippen molar-refractivity contribution in [2.24, 2.45) is 0 Å². The molecule has 1 amide bonds. The number of furan rings is 1. The maximum Gasteiger partial charge on any atom is 0.270 e. The summed E-state index contributed by atoms with van der Waals surface area (Å²) in [6, 6.07) is 22.3. The predicted molar refractivity (Wildman–Crippen MR) is 122 cm³/mol. The van der Waals surface area contributed by atoms with Crippen LogP contribution in [0.4, 0.5) is 11.4 Å². The maximum atomic E-state index is 12.6. The number of fused-ring (bicyclic) bond motifs is 1. The van der Waals surface area contributed by atoms with Crippen LogP contribution in [0, 0.1) is 21.4 Å². The van der Waals surface area contributed by atoms with E-state index in [0.29, 0.717) is 17.0 Å². The Kier molecular flexibility index (Phi) is 5.71. The van der Waals surface area contributed by atoms with Crippen molar-refractivity contribution in [1.82, 2.24) is 0 Å². The Morgan fingerprint density at radius 1 is 1.06 bits per heavy atom. The van der Waals surface area contributed by atoms with Crippen LogP contribution >= 0.6 is 11.6 Å². The summed E-state index contributed by atoms with van der Waals surface area (Å²) in [6.45, 7) is 0. The lowest BCUT2D eigenvalue weighted by Crippen LogP contribution is -2.13. The predicted octanol–water partition coefficient (Wildman–Crippen LogP) is 6.21. The number of carbonyl (C=O) groups excluding carboxylic acids is 1. The van der Waals surface area contributed by atoms with Gasteiger partial charge in [-0.05, 0) is 41.1 Å². The fraction of sp³-hybridized carbons (Fsp3) is 0. The van der Waals surface area contributed by atoms with Crippen molar-refractivity contribution in [3.8, 4) is 17.4 Å². The number of carbonyl (C=O) groups is 1. The topological polar surface area (TPSA) is 109 Å². The zero-order valence-corrected chi connectivity index (χ0v) is 17.2. The fourth-order valence-corrected chi connectivity index (χ4v) is 3.42. The molecule has 0 atom stereocenters. The molecule has 3 aromatic carbocycles. The van der Waals surface area contributed by atoms with Crippen molar-refractivity contribution in [2.45, 2.75) is 0 Å². The van der Waals surface area contributed by atoms with Crippen LogP contribution < -0.4 is 5.32 Å². The van der Waals surface area contributed by atoms with Gasteiger partial charge in [-0.3, -0.25) is 14.9 Å². The molecule has 4 rings (SSSR count). The van der Waals surface area contributed by atoms with E-state index in [0.717, 1.165) is 10.8 Å². The summed E-state index contributed by atoms with van der Waals surface area (Å²) in [7, 11) is 0. The number of nitro benzene ring substituents is 1. The molecule has 0 saturated carbocycles. The molecular formula is C24H14ClN3O4. The van der Waals surface area contributed by atoms with Crippen LogP contribution in [0.5, 0.6) is 0 Å². The van der Waals surface area contributed by atoms with E-state index in [-0.39, 0.29) is 22.0 Å².